The Hall–Kier alpha value is -6.06. The van der Waals surface area contributed by atoms with Gasteiger partial charge in [0.05, 0.1) is 16.7 Å². The number of anilines is 1. The number of nitrogens with two attached hydrogens (primary N) is 1. The van der Waals surface area contributed by atoms with Crippen molar-refractivity contribution in [3.05, 3.63) is 175 Å². The molecule has 0 bridgehead atoms. The Bertz CT molecular complexity index is 2380. The van der Waals surface area contributed by atoms with Crippen LogP contribution in [0.1, 0.15) is 37.3 Å². The summed E-state index contributed by atoms with van der Waals surface area (Å²) in [6.45, 7) is 4.87. The molecule has 0 aliphatic heterocycles. The van der Waals surface area contributed by atoms with Crippen LogP contribution in [0.3, 0.4) is 0 Å². The fourth-order valence-electron chi connectivity index (χ4n) is 7.11. The minimum Gasteiger partial charge on any atom is -0.487 e. The molecule has 0 saturated carbocycles. The maximum absolute atomic E-state index is 6.35. The van der Waals surface area contributed by atoms with E-state index in [-0.39, 0.29) is 0 Å². The zero-order valence-electron chi connectivity index (χ0n) is 28.5. The van der Waals surface area contributed by atoms with Crippen LogP contribution in [0.4, 0.5) is 5.69 Å². The van der Waals surface area contributed by atoms with Gasteiger partial charge in [-0.05, 0) is 93.2 Å². The van der Waals surface area contributed by atoms with Crippen LogP contribution < -0.4 is 10.5 Å². The molecule has 2 N–H and O–H groups in total. The molecule has 7 aromatic carbocycles. The van der Waals surface area contributed by atoms with Crippen molar-refractivity contribution in [2.24, 2.45) is 0 Å². The van der Waals surface area contributed by atoms with Crippen LogP contribution >= 0.6 is 0 Å². The molecule has 3 nitrogen and oxygen atoms in total. The van der Waals surface area contributed by atoms with E-state index in [0.717, 1.165) is 23.4 Å². The second-order valence-electron chi connectivity index (χ2n) is 13.1. The molecule has 1 unspecified atom stereocenters. The van der Waals surface area contributed by atoms with Crippen molar-refractivity contribution in [1.29, 1.82) is 0 Å². The van der Waals surface area contributed by atoms with E-state index in [4.69, 9.17) is 10.5 Å². The van der Waals surface area contributed by atoms with E-state index in [1.807, 2.05) is 12.1 Å². The van der Waals surface area contributed by atoms with E-state index >= 15 is 0 Å². The van der Waals surface area contributed by atoms with Crippen molar-refractivity contribution in [1.82, 2.24) is 4.57 Å². The predicted molar refractivity (Wildman–Crippen MR) is 211 cm³/mol. The highest BCUT2D eigenvalue weighted by Gasteiger charge is 2.15. The van der Waals surface area contributed by atoms with Crippen molar-refractivity contribution in [2.75, 3.05) is 5.73 Å². The van der Waals surface area contributed by atoms with Gasteiger partial charge in [0.25, 0.3) is 0 Å². The monoisotopic (exact) mass is 648 g/mol. The quantitative estimate of drug-likeness (QED) is 0.158. The fraction of sp³-hybridized carbons (Fsp3) is 0.106. The minimum atomic E-state index is 0.461. The molecule has 244 valence electrons. The Morgan fingerprint density at radius 1 is 0.560 bits per heavy atom. The van der Waals surface area contributed by atoms with Crippen molar-refractivity contribution in [3.63, 3.8) is 0 Å². The zero-order valence-corrected chi connectivity index (χ0v) is 28.5. The fourth-order valence-corrected chi connectivity index (χ4v) is 7.11. The Balaban J connectivity index is 1.07. The van der Waals surface area contributed by atoms with Gasteiger partial charge in [-0.3, -0.25) is 0 Å². The largest absolute Gasteiger partial charge is 0.487 e. The van der Waals surface area contributed by atoms with Gasteiger partial charge in [-0.1, -0.05) is 141 Å². The number of hydrogen-bond donors (Lipinski definition) is 1. The second-order valence-corrected chi connectivity index (χ2v) is 13.1. The summed E-state index contributed by atoms with van der Waals surface area (Å²) in [4.78, 5) is 0. The standard InChI is InChI=1S/C47H40N2O/c1-3-32(2)36-26-29-47(44(48)30-36)50-31-33-20-22-34(23-21-33)38-12-4-6-14-40(38)41-15-7-5-13-39(41)35-24-27-37(28-25-35)49-45-18-10-8-16-42(45)43-17-9-11-19-46(43)49/h4-30,32H,3,31,48H2,1-2H3. The van der Waals surface area contributed by atoms with Crippen molar-refractivity contribution in [2.45, 2.75) is 32.8 Å². The Morgan fingerprint density at radius 2 is 1.06 bits per heavy atom. The number of ether oxygens (including phenoxy) is 1. The van der Waals surface area contributed by atoms with Gasteiger partial charge in [0.1, 0.15) is 12.4 Å². The maximum atomic E-state index is 6.35. The average Bonchev–Trinajstić information content (AvgIpc) is 3.52. The summed E-state index contributed by atoms with van der Waals surface area (Å²) >= 11 is 0. The van der Waals surface area contributed by atoms with Crippen molar-refractivity contribution in [3.8, 4) is 44.8 Å². The number of para-hydroxylation sites is 2. The maximum Gasteiger partial charge on any atom is 0.142 e. The summed E-state index contributed by atoms with van der Waals surface area (Å²) in [5.41, 5.74) is 20.1. The highest BCUT2D eigenvalue weighted by Crippen LogP contribution is 2.39. The van der Waals surface area contributed by atoms with Crippen molar-refractivity contribution < 1.29 is 4.74 Å². The smallest absolute Gasteiger partial charge is 0.142 e. The number of aromatic nitrogens is 1. The number of nitrogens with zero attached hydrogens (tertiary/aromatic N) is 1. The average molecular weight is 649 g/mol. The molecule has 0 saturated heterocycles. The van der Waals surface area contributed by atoms with E-state index in [0.29, 0.717) is 18.2 Å². The normalized spacial score (nSPS) is 12.0. The number of rotatable bonds is 9. The molecule has 0 fully saturated rings. The Morgan fingerprint density at radius 3 is 1.60 bits per heavy atom. The van der Waals surface area contributed by atoms with E-state index in [2.05, 4.69) is 170 Å². The van der Waals surface area contributed by atoms with Gasteiger partial charge < -0.3 is 15.0 Å². The summed E-state index contributed by atoms with van der Waals surface area (Å²) < 4.78 is 8.51. The number of fused-ring (bicyclic) bond motifs is 3. The van der Waals surface area contributed by atoms with Crippen molar-refractivity contribution >= 4 is 27.5 Å². The molecule has 1 aromatic heterocycles. The van der Waals surface area contributed by atoms with Gasteiger partial charge in [-0.15, -0.1) is 0 Å². The number of nitrogen functional groups attached to an aromatic ring is 1. The lowest BCUT2D eigenvalue weighted by Gasteiger charge is -2.16. The molecule has 8 rings (SSSR count). The topological polar surface area (TPSA) is 40.2 Å². The first-order chi connectivity index (χ1) is 24.6. The molecule has 0 radical (unpaired) electrons. The molecule has 0 amide bonds. The van der Waals surface area contributed by atoms with Crippen LogP contribution in [-0.4, -0.2) is 4.57 Å². The van der Waals surface area contributed by atoms with E-state index in [9.17, 15) is 0 Å². The Labute approximate surface area is 294 Å². The molecular formula is C47H40N2O. The lowest BCUT2D eigenvalue weighted by atomic mass is 9.89. The highest BCUT2D eigenvalue weighted by atomic mass is 16.5. The van der Waals surface area contributed by atoms with Crippen LogP contribution in [0, 0.1) is 0 Å². The molecule has 50 heavy (non-hydrogen) atoms. The summed E-state index contributed by atoms with van der Waals surface area (Å²) in [6, 6.07) is 58.5. The van der Waals surface area contributed by atoms with Crippen LogP contribution in [-0.2, 0) is 6.61 Å². The van der Waals surface area contributed by atoms with Gasteiger partial charge in [-0.2, -0.15) is 0 Å². The Kier molecular flexibility index (Phi) is 8.40. The van der Waals surface area contributed by atoms with Gasteiger partial charge in [0.15, 0.2) is 0 Å². The molecular weight excluding hydrogens is 609 g/mol. The molecule has 1 heterocycles. The molecule has 0 spiro atoms. The zero-order chi connectivity index (χ0) is 34.0. The van der Waals surface area contributed by atoms with Crippen LogP contribution in [0.2, 0.25) is 0 Å². The highest BCUT2D eigenvalue weighted by molar-refractivity contribution is 6.09. The molecule has 0 aliphatic rings. The van der Waals surface area contributed by atoms with Gasteiger partial charge >= 0.3 is 0 Å². The lowest BCUT2D eigenvalue weighted by Crippen LogP contribution is -2.00. The van der Waals surface area contributed by atoms with Gasteiger partial charge in [0.2, 0.25) is 0 Å². The second kappa shape index (κ2) is 13.4. The minimum absolute atomic E-state index is 0.461. The third-order valence-corrected chi connectivity index (χ3v) is 10.0. The van der Waals surface area contributed by atoms with E-state index in [1.165, 1.54) is 60.8 Å². The van der Waals surface area contributed by atoms with Gasteiger partial charge in [0, 0.05) is 16.5 Å². The molecule has 0 aliphatic carbocycles. The SMILES string of the molecule is CCC(C)c1ccc(OCc2ccc(-c3ccccc3-c3ccccc3-c3ccc(-n4c5ccccc5c5ccccc54)cc3)cc2)c(N)c1. The third kappa shape index (κ3) is 5.82. The van der Waals surface area contributed by atoms with Crippen LogP contribution in [0.25, 0.3) is 60.9 Å². The predicted octanol–water partition coefficient (Wildman–Crippen LogP) is 12.5. The summed E-state index contributed by atoms with van der Waals surface area (Å²) in [7, 11) is 0. The summed E-state index contributed by atoms with van der Waals surface area (Å²) in [6.07, 6.45) is 1.08. The number of benzene rings is 7. The molecule has 3 heteroatoms. The molecule has 1 atom stereocenters. The lowest BCUT2D eigenvalue weighted by molar-refractivity contribution is 0.308. The first-order valence-electron chi connectivity index (χ1n) is 17.5. The van der Waals surface area contributed by atoms with Crippen LogP contribution in [0.5, 0.6) is 5.75 Å². The first-order valence-corrected chi connectivity index (χ1v) is 17.5. The first kappa shape index (κ1) is 31.2. The van der Waals surface area contributed by atoms with Gasteiger partial charge in [-0.25, -0.2) is 0 Å². The third-order valence-electron chi connectivity index (χ3n) is 10.0. The van der Waals surface area contributed by atoms with E-state index in [1.54, 1.807) is 0 Å². The summed E-state index contributed by atoms with van der Waals surface area (Å²) in [5, 5.41) is 2.54. The molecule has 8 aromatic rings. The number of hydrogen-bond acceptors (Lipinski definition) is 2. The van der Waals surface area contributed by atoms with E-state index < -0.39 is 0 Å². The van der Waals surface area contributed by atoms with Crippen LogP contribution in [0.15, 0.2) is 164 Å². The summed E-state index contributed by atoms with van der Waals surface area (Å²) in [5.74, 6) is 1.21.